The second-order valence-corrected chi connectivity index (χ2v) is 8.36. The van der Waals surface area contributed by atoms with E-state index in [4.69, 9.17) is 9.47 Å². The maximum absolute atomic E-state index is 14.2. The Morgan fingerprint density at radius 2 is 1.49 bits per heavy atom. The second-order valence-electron chi connectivity index (χ2n) is 7.05. The van der Waals surface area contributed by atoms with Gasteiger partial charge in [-0.2, -0.15) is 26.3 Å². The van der Waals surface area contributed by atoms with Crippen LogP contribution in [-0.4, -0.2) is 51.1 Å². The predicted octanol–water partition coefficient (Wildman–Crippen LogP) is 4.79. The van der Waals surface area contributed by atoms with Crippen LogP contribution in [0.3, 0.4) is 0 Å². The maximum atomic E-state index is 14.2. The van der Waals surface area contributed by atoms with Crippen molar-refractivity contribution in [3.05, 3.63) is 41.0 Å². The van der Waals surface area contributed by atoms with Gasteiger partial charge in [-0.25, -0.2) is 8.42 Å². The minimum Gasteiger partial charge on any atom is -0.744 e. The number of hydrogen-bond donors (Lipinski definition) is 0. The molecule has 0 aliphatic rings. The van der Waals surface area contributed by atoms with Crippen LogP contribution in [-0.2, 0) is 22.5 Å². The topological polar surface area (TPSA) is 96.0 Å². The van der Waals surface area contributed by atoms with E-state index < -0.39 is 55.5 Å². The van der Waals surface area contributed by atoms with Crippen LogP contribution in [0, 0.1) is 0 Å². The van der Waals surface area contributed by atoms with Gasteiger partial charge in [0.05, 0.1) is 35.8 Å². The fourth-order valence-corrected chi connectivity index (χ4v) is 4.44. The zero-order valence-corrected chi connectivity index (χ0v) is 19.6. The molecule has 2 aromatic carbocycles. The Balaban J connectivity index is 3.27. The molecule has 0 spiro atoms. The number of hydrogen-bond acceptors (Lipinski definition) is 6. The molecule has 0 aromatic heterocycles. The van der Waals surface area contributed by atoms with E-state index in [-0.39, 0.29) is 36.2 Å². The number of ether oxygens (including phenoxy) is 2. The van der Waals surface area contributed by atoms with Crippen molar-refractivity contribution in [2.75, 3.05) is 27.3 Å². The van der Waals surface area contributed by atoms with Crippen molar-refractivity contribution in [2.24, 2.45) is 0 Å². The SMILES string of the molecule is CCN(CC)C(=O)c1c(-c2ccc(OC)c(OC)c2)cc(C(F)(F)F)c(S(=O)(=O)[O-])c1C(F)(F)F. The zero-order chi connectivity index (χ0) is 26.9. The molecular weight excluding hydrogens is 508 g/mol. The lowest BCUT2D eigenvalue weighted by Gasteiger charge is -2.28. The Kier molecular flexibility index (Phi) is 8.01. The van der Waals surface area contributed by atoms with E-state index in [2.05, 4.69) is 0 Å². The smallest absolute Gasteiger partial charge is 0.418 e. The highest BCUT2D eigenvalue weighted by Crippen LogP contribution is 2.48. The molecule has 0 bridgehead atoms. The van der Waals surface area contributed by atoms with Gasteiger partial charge in [0, 0.05) is 13.1 Å². The van der Waals surface area contributed by atoms with Crippen LogP contribution in [0.15, 0.2) is 29.2 Å². The van der Waals surface area contributed by atoms with Gasteiger partial charge in [-0.15, -0.1) is 0 Å². The third-order valence-corrected chi connectivity index (χ3v) is 6.00. The van der Waals surface area contributed by atoms with Crippen LogP contribution >= 0.6 is 0 Å². The molecule has 0 N–H and O–H groups in total. The normalized spacial score (nSPS) is 12.4. The summed E-state index contributed by atoms with van der Waals surface area (Å²) in [5.74, 6) is -1.42. The van der Waals surface area contributed by atoms with Crippen molar-refractivity contribution in [3.63, 3.8) is 0 Å². The van der Waals surface area contributed by atoms with E-state index in [1.807, 2.05) is 0 Å². The predicted molar refractivity (Wildman–Crippen MR) is 110 cm³/mol. The molecule has 7 nitrogen and oxygen atoms in total. The summed E-state index contributed by atoms with van der Waals surface area (Å²) in [7, 11) is -3.95. The first-order valence-electron chi connectivity index (χ1n) is 9.85. The second kappa shape index (κ2) is 9.93. The molecule has 1 amide bonds. The number of methoxy groups -OCH3 is 2. The van der Waals surface area contributed by atoms with Crippen LogP contribution in [0.5, 0.6) is 11.5 Å². The number of nitrogens with zero attached hydrogens (tertiary/aromatic N) is 1. The highest BCUT2D eigenvalue weighted by molar-refractivity contribution is 7.85. The van der Waals surface area contributed by atoms with Gasteiger partial charge in [0.1, 0.15) is 10.1 Å². The molecule has 14 heteroatoms. The van der Waals surface area contributed by atoms with Gasteiger partial charge in [0.15, 0.2) is 11.5 Å². The van der Waals surface area contributed by atoms with E-state index in [0.717, 1.165) is 17.0 Å². The molecule has 2 aromatic rings. The summed E-state index contributed by atoms with van der Waals surface area (Å²) in [5, 5.41) is 0. The minimum absolute atomic E-state index is 0.0536. The molecule has 0 atom stereocenters. The van der Waals surface area contributed by atoms with Crippen molar-refractivity contribution in [1.82, 2.24) is 4.90 Å². The Labute approximate surface area is 197 Å². The average Bonchev–Trinajstić information content (AvgIpc) is 2.75. The van der Waals surface area contributed by atoms with Gasteiger partial charge in [0.2, 0.25) is 0 Å². The maximum Gasteiger partial charge on any atom is 0.418 e. The quantitative estimate of drug-likeness (QED) is 0.379. The lowest BCUT2D eigenvalue weighted by Crippen LogP contribution is -2.34. The standard InChI is InChI=1S/C21H21F6NO6S/c1-5-28(6-2)19(29)16-12(11-7-8-14(33-3)15(9-11)34-4)10-13(20(22,23)24)18(35(30,31)32)17(16)21(25,26)27/h7-10H,5-6H2,1-4H3,(H,30,31,32)/p-1. The monoisotopic (exact) mass is 528 g/mol. The zero-order valence-electron chi connectivity index (χ0n) is 18.8. The van der Waals surface area contributed by atoms with Gasteiger partial charge in [0.25, 0.3) is 5.91 Å². The molecule has 0 aliphatic heterocycles. The number of benzene rings is 2. The first-order chi connectivity index (χ1) is 16.0. The molecular formula is C21H20F6NO6S-. The van der Waals surface area contributed by atoms with Gasteiger partial charge in [-0.3, -0.25) is 4.79 Å². The van der Waals surface area contributed by atoms with Crippen LogP contribution in [0.4, 0.5) is 26.3 Å². The van der Waals surface area contributed by atoms with Gasteiger partial charge in [-0.05, 0) is 43.2 Å². The molecule has 0 aliphatic carbocycles. The van der Waals surface area contributed by atoms with E-state index >= 15 is 0 Å². The molecule has 0 radical (unpaired) electrons. The van der Waals surface area contributed by atoms with E-state index in [1.54, 1.807) is 0 Å². The third-order valence-electron chi connectivity index (χ3n) is 5.08. The largest absolute Gasteiger partial charge is 0.744 e. The summed E-state index contributed by atoms with van der Waals surface area (Å²) in [6.07, 6.45) is -11.5. The van der Waals surface area contributed by atoms with E-state index in [1.165, 1.54) is 34.1 Å². The summed E-state index contributed by atoms with van der Waals surface area (Å²) in [6, 6.07) is 3.33. The summed E-state index contributed by atoms with van der Waals surface area (Å²) in [6.45, 7) is 2.50. The Bertz CT molecular complexity index is 1220. The number of halogens is 6. The highest BCUT2D eigenvalue weighted by atomic mass is 32.2. The highest BCUT2D eigenvalue weighted by Gasteiger charge is 2.47. The first kappa shape index (κ1) is 28.2. The Hall–Kier alpha value is -3.00. The number of carbonyl (C=O) groups excluding carboxylic acids is 1. The third kappa shape index (κ3) is 5.64. The molecule has 0 heterocycles. The number of alkyl halides is 6. The summed E-state index contributed by atoms with van der Waals surface area (Å²) in [5.41, 5.74) is -7.47. The van der Waals surface area contributed by atoms with Crippen molar-refractivity contribution in [2.45, 2.75) is 31.1 Å². The van der Waals surface area contributed by atoms with Gasteiger partial charge >= 0.3 is 12.4 Å². The average molecular weight is 528 g/mol. The number of rotatable bonds is 7. The molecule has 194 valence electrons. The Morgan fingerprint density at radius 3 is 1.89 bits per heavy atom. The van der Waals surface area contributed by atoms with Gasteiger partial charge < -0.3 is 18.9 Å². The molecule has 0 saturated carbocycles. The number of carbonyl (C=O) groups is 1. The van der Waals surface area contributed by atoms with Gasteiger partial charge in [-0.1, -0.05) is 6.07 Å². The molecule has 0 saturated heterocycles. The molecule has 0 unspecified atom stereocenters. The minimum atomic E-state index is -6.35. The van der Waals surface area contributed by atoms with E-state index in [9.17, 15) is 44.1 Å². The van der Waals surface area contributed by atoms with Crippen LogP contribution < -0.4 is 9.47 Å². The molecule has 0 fully saturated rings. The van der Waals surface area contributed by atoms with Crippen molar-refractivity contribution in [3.8, 4) is 22.6 Å². The van der Waals surface area contributed by atoms with Crippen LogP contribution in [0.1, 0.15) is 35.3 Å². The van der Waals surface area contributed by atoms with Crippen LogP contribution in [0.2, 0.25) is 0 Å². The summed E-state index contributed by atoms with van der Waals surface area (Å²) < 4.78 is 129. The summed E-state index contributed by atoms with van der Waals surface area (Å²) >= 11 is 0. The molecule has 2 rings (SSSR count). The summed E-state index contributed by atoms with van der Waals surface area (Å²) in [4.78, 5) is 11.5. The van der Waals surface area contributed by atoms with Crippen molar-refractivity contribution in [1.29, 1.82) is 0 Å². The van der Waals surface area contributed by atoms with Crippen LogP contribution in [0.25, 0.3) is 11.1 Å². The van der Waals surface area contributed by atoms with E-state index in [0.29, 0.717) is 0 Å². The lowest BCUT2D eigenvalue weighted by molar-refractivity contribution is -0.148. The Morgan fingerprint density at radius 1 is 0.943 bits per heavy atom. The molecule has 35 heavy (non-hydrogen) atoms. The van der Waals surface area contributed by atoms with Crippen molar-refractivity contribution >= 4 is 16.0 Å². The lowest BCUT2D eigenvalue weighted by atomic mass is 9.90. The fraction of sp³-hybridized carbons (Fsp3) is 0.381. The fourth-order valence-electron chi connectivity index (χ4n) is 3.53. The first-order valence-corrected chi connectivity index (χ1v) is 11.3. The van der Waals surface area contributed by atoms with Crippen molar-refractivity contribution < 1.29 is 53.6 Å². The number of amides is 1.